The molecule has 3 heterocycles. The van der Waals surface area contributed by atoms with Gasteiger partial charge in [-0.2, -0.15) is 0 Å². The number of nitrogens with one attached hydrogen (secondary N) is 1. The van der Waals surface area contributed by atoms with Crippen LogP contribution >= 0.6 is 0 Å². The van der Waals surface area contributed by atoms with Gasteiger partial charge in [0.2, 0.25) is 0 Å². The lowest BCUT2D eigenvalue weighted by Gasteiger charge is -2.19. The number of hydrogen-bond acceptors (Lipinski definition) is 1. The molecule has 2 aliphatic rings. The summed E-state index contributed by atoms with van der Waals surface area (Å²) >= 11 is 0. The van der Waals surface area contributed by atoms with Gasteiger partial charge in [-0.15, -0.1) is 0 Å². The van der Waals surface area contributed by atoms with Gasteiger partial charge in [-0.3, -0.25) is 0 Å². The largest absolute Gasteiger partial charge is 0.344 e. The summed E-state index contributed by atoms with van der Waals surface area (Å²) in [7, 11) is 0. The maximum absolute atomic E-state index is 3.63. The molecule has 0 aliphatic carbocycles. The van der Waals surface area contributed by atoms with Crippen LogP contribution in [0.4, 0.5) is 0 Å². The zero-order chi connectivity index (χ0) is 13.7. The maximum atomic E-state index is 3.63. The summed E-state index contributed by atoms with van der Waals surface area (Å²) < 4.78 is 2.54. The predicted octanol–water partition coefficient (Wildman–Crippen LogP) is 3.50. The van der Waals surface area contributed by atoms with E-state index in [1.54, 1.807) is 5.56 Å². The van der Waals surface area contributed by atoms with E-state index in [2.05, 4.69) is 35.9 Å². The average molecular weight is 268 g/mol. The second-order valence-corrected chi connectivity index (χ2v) is 6.61. The highest BCUT2D eigenvalue weighted by molar-refractivity contribution is 5.89. The molecule has 4 rings (SSSR count). The molecule has 2 heteroatoms. The second kappa shape index (κ2) is 4.63. The molecule has 1 N–H and O–H groups in total. The maximum Gasteiger partial charge on any atom is 0.0517 e. The third kappa shape index (κ3) is 1.81. The van der Waals surface area contributed by atoms with E-state index in [9.17, 15) is 0 Å². The molecule has 0 bridgehead atoms. The van der Waals surface area contributed by atoms with Crippen molar-refractivity contribution >= 4 is 10.9 Å². The molecule has 20 heavy (non-hydrogen) atoms. The highest BCUT2D eigenvalue weighted by Crippen LogP contribution is 2.33. The van der Waals surface area contributed by atoms with E-state index >= 15 is 0 Å². The van der Waals surface area contributed by atoms with Gasteiger partial charge in [0.25, 0.3) is 0 Å². The first-order valence-corrected chi connectivity index (χ1v) is 8.08. The SMILES string of the molecule is Cc1c(C)n2c3c(cc(CC4CCCN4)cc13)CCC2. The molecule has 2 aliphatic heterocycles. The molecule has 0 radical (unpaired) electrons. The monoisotopic (exact) mass is 268 g/mol. The van der Waals surface area contributed by atoms with Gasteiger partial charge < -0.3 is 9.88 Å². The normalized spacial score (nSPS) is 21.8. The fourth-order valence-corrected chi connectivity index (χ4v) is 4.16. The van der Waals surface area contributed by atoms with Crippen molar-refractivity contribution in [2.24, 2.45) is 0 Å². The van der Waals surface area contributed by atoms with E-state index in [1.165, 1.54) is 72.9 Å². The highest BCUT2D eigenvalue weighted by atomic mass is 15.0. The number of aromatic nitrogens is 1. The zero-order valence-corrected chi connectivity index (χ0v) is 12.6. The van der Waals surface area contributed by atoms with Crippen LogP contribution in [0.2, 0.25) is 0 Å². The number of benzene rings is 1. The van der Waals surface area contributed by atoms with Crippen LogP contribution in [0.1, 0.15) is 41.6 Å². The van der Waals surface area contributed by atoms with Crippen molar-refractivity contribution in [2.75, 3.05) is 6.54 Å². The predicted molar refractivity (Wildman–Crippen MR) is 84.5 cm³/mol. The molecule has 1 atom stereocenters. The van der Waals surface area contributed by atoms with E-state index in [4.69, 9.17) is 0 Å². The van der Waals surface area contributed by atoms with Crippen molar-refractivity contribution in [3.8, 4) is 0 Å². The third-order valence-corrected chi connectivity index (χ3v) is 5.34. The topological polar surface area (TPSA) is 17.0 Å². The molecule has 2 nitrogen and oxygen atoms in total. The van der Waals surface area contributed by atoms with Gasteiger partial charge in [0.15, 0.2) is 0 Å². The van der Waals surface area contributed by atoms with Crippen molar-refractivity contribution in [3.63, 3.8) is 0 Å². The van der Waals surface area contributed by atoms with Crippen molar-refractivity contribution in [3.05, 3.63) is 34.5 Å². The summed E-state index contributed by atoms with van der Waals surface area (Å²) in [6.45, 7) is 6.98. The Morgan fingerprint density at radius 2 is 2.15 bits per heavy atom. The van der Waals surface area contributed by atoms with E-state index in [1.807, 2.05) is 0 Å². The van der Waals surface area contributed by atoms with Gasteiger partial charge in [-0.25, -0.2) is 0 Å². The van der Waals surface area contributed by atoms with Gasteiger partial charge in [-0.05, 0) is 75.3 Å². The van der Waals surface area contributed by atoms with Crippen LogP contribution in [0.3, 0.4) is 0 Å². The van der Waals surface area contributed by atoms with Gasteiger partial charge in [0.05, 0.1) is 5.52 Å². The molecule has 2 aromatic rings. The summed E-state index contributed by atoms with van der Waals surface area (Å²) in [5.41, 5.74) is 7.60. The summed E-state index contributed by atoms with van der Waals surface area (Å²) in [4.78, 5) is 0. The second-order valence-electron chi connectivity index (χ2n) is 6.61. The standard InChI is InChI=1S/C18H24N2/c1-12-13(2)20-8-4-5-15-9-14(11-17(12)18(15)20)10-16-6-3-7-19-16/h9,11,16,19H,3-8,10H2,1-2H3. The van der Waals surface area contributed by atoms with Gasteiger partial charge in [0, 0.05) is 23.7 Å². The van der Waals surface area contributed by atoms with Crippen LogP contribution in [-0.4, -0.2) is 17.2 Å². The number of nitrogens with zero attached hydrogens (tertiary/aromatic N) is 1. The Morgan fingerprint density at radius 3 is 2.95 bits per heavy atom. The van der Waals surface area contributed by atoms with Crippen molar-refractivity contribution in [1.82, 2.24) is 9.88 Å². The molecule has 1 aromatic heterocycles. The first-order valence-electron chi connectivity index (χ1n) is 8.08. The van der Waals surface area contributed by atoms with Crippen molar-refractivity contribution in [2.45, 2.75) is 58.5 Å². The first-order chi connectivity index (χ1) is 9.74. The smallest absolute Gasteiger partial charge is 0.0517 e. The van der Waals surface area contributed by atoms with E-state index in [0.717, 1.165) is 0 Å². The molecule has 0 spiro atoms. The Labute approximate surface area is 121 Å². The lowest BCUT2D eigenvalue weighted by atomic mass is 9.96. The summed E-state index contributed by atoms with van der Waals surface area (Å²) in [6, 6.07) is 5.64. The van der Waals surface area contributed by atoms with Crippen molar-refractivity contribution in [1.29, 1.82) is 0 Å². The summed E-state index contributed by atoms with van der Waals surface area (Å²) in [6.07, 6.45) is 6.43. The molecule has 0 amide bonds. The van der Waals surface area contributed by atoms with Crippen LogP contribution in [0.15, 0.2) is 12.1 Å². The molecule has 0 saturated carbocycles. The molecule has 1 fully saturated rings. The van der Waals surface area contributed by atoms with E-state index < -0.39 is 0 Å². The minimum Gasteiger partial charge on any atom is -0.344 e. The third-order valence-electron chi connectivity index (χ3n) is 5.34. The average Bonchev–Trinajstić information content (AvgIpc) is 3.04. The highest BCUT2D eigenvalue weighted by Gasteiger charge is 2.20. The first kappa shape index (κ1) is 12.5. The van der Waals surface area contributed by atoms with Crippen LogP contribution < -0.4 is 5.32 Å². The Kier molecular flexibility index (Phi) is 2.88. The molecule has 1 unspecified atom stereocenters. The van der Waals surface area contributed by atoms with Gasteiger partial charge in [-0.1, -0.05) is 6.07 Å². The summed E-state index contributed by atoms with van der Waals surface area (Å²) in [5.74, 6) is 0. The molecular weight excluding hydrogens is 244 g/mol. The summed E-state index contributed by atoms with van der Waals surface area (Å²) in [5, 5.41) is 5.14. The molecular formula is C18H24N2. The lowest BCUT2D eigenvalue weighted by molar-refractivity contribution is 0.600. The molecule has 1 aromatic carbocycles. The van der Waals surface area contributed by atoms with E-state index in [-0.39, 0.29) is 0 Å². The number of hydrogen-bond donors (Lipinski definition) is 1. The molecule has 106 valence electrons. The fourth-order valence-electron chi connectivity index (χ4n) is 4.16. The minimum atomic E-state index is 0.701. The van der Waals surface area contributed by atoms with Gasteiger partial charge >= 0.3 is 0 Å². The minimum absolute atomic E-state index is 0.701. The van der Waals surface area contributed by atoms with Gasteiger partial charge in [0.1, 0.15) is 0 Å². The fraction of sp³-hybridized carbons (Fsp3) is 0.556. The zero-order valence-electron chi connectivity index (χ0n) is 12.6. The van der Waals surface area contributed by atoms with E-state index in [0.29, 0.717) is 6.04 Å². The Morgan fingerprint density at radius 1 is 1.25 bits per heavy atom. The Hall–Kier alpha value is -1.28. The van der Waals surface area contributed by atoms with Crippen LogP contribution in [0, 0.1) is 13.8 Å². The number of rotatable bonds is 2. The van der Waals surface area contributed by atoms with Crippen molar-refractivity contribution < 1.29 is 0 Å². The lowest BCUT2D eigenvalue weighted by Crippen LogP contribution is -2.23. The Balaban J connectivity index is 1.82. The van der Waals surface area contributed by atoms with Crippen LogP contribution in [0.5, 0.6) is 0 Å². The number of aryl methyl sites for hydroxylation is 3. The Bertz CT molecular complexity index is 660. The van der Waals surface area contributed by atoms with Crippen LogP contribution in [-0.2, 0) is 19.4 Å². The quantitative estimate of drug-likeness (QED) is 0.882. The van der Waals surface area contributed by atoms with Crippen LogP contribution in [0.25, 0.3) is 10.9 Å². The molecule has 1 saturated heterocycles.